The summed E-state index contributed by atoms with van der Waals surface area (Å²) in [6.07, 6.45) is 1.87. The van der Waals surface area contributed by atoms with Crippen LogP contribution in [-0.2, 0) is 0 Å². The SMILES string of the molecule is CN1CCN(CC(C(=O)c2c[nH]c3ccccc23)c2ccccc2)CC1. The molecule has 1 aromatic heterocycles. The Morgan fingerprint density at radius 2 is 1.69 bits per heavy atom. The van der Waals surface area contributed by atoms with E-state index in [1.165, 1.54) is 0 Å². The van der Waals surface area contributed by atoms with Crippen molar-refractivity contribution in [3.63, 3.8) is 0 Å². The number of para-hydroxylation sites is 1. The number of fused-ring (bicyclic) bond motifs is 1. The Balaban J connectivity index is 1.65. The third kappa shape index (κ3) is 3.43. The van der Waals surface area contributed by atoms with Crippen LogP contribution < -0.4 is 0 Å². The lowest BCUT2D eigenvalue weighted by Crippen LogP contribution is -2.46. The standard InChI is InChI=1S/C22H25N3O/c1-24-11-13-25(14-12-24)16-20(17-7-3-2-4-8-17)22(26)19-15-23-21-10-6-5-9-18(19)21/h2-10,15,20,23H,11-14,16H2,1H3. The van der Waals surface area contributed by atoms with Crippen LogP contribution in [0.25, 0.3) is 10.9 Å². The van der Waals surface area contributed by atoms with E-state index in [-0.39, 0.29) is 11.7 Å². The normalized spacial score (nSPS) is 17.4. The van der Waals surface area contributed by atoms with Crippen molar-refractivity contribution >= 4 is 16.7 Å². The summed E-state index contributed by atoms with van der Waals surface area (Å²) < 4.78 is 0. The van der Waals surface area contributed by atoms with Gasteiger partial charge in [0.15, 0.2) is 5.78 Å². The number of piperazine rings is 1. The first-order valence-corrected chi connectivity index (χ1v) is 9.28. The second-order valence-corrected chi connectivity index (χ2v) is 7.18. The molecule has 3 aromatic rings. The first-order chi connectivity index (χ1) is 12.7. The molecule has 0 bridgehead atoms. The van der Waals surface area contributed by atoms with Gasteiger partial charge in [0, 0.05) is 55.4 Å². The summed E-state index contributed by atoms with van der Waals surface area (Å²) in [5.74, 6) is 0.0615. The van der Waals surface area contributed by atoms with Crippen LogP contribution in [0, 0.1) is 0 Å². The van der Waals surface area contributed by atoms with E-state index < -0.39 is 0 Å². The Labute approximate surface area is 154 Å². The lowest BCUT2D eigenvalue weighted by Gasteiger charge is -2.34. The molecule has 4 rings (SSSR count). The zero-order valence-electron chi connectivity index (χ0n) is 15.2. The summed E-state index contributed by atoms with van der Waals surface area (Å²) >= 11 is 0. The van der Waals surface area contributed by atoms with Crippen LogP contribution in [0.1, 0.15) is 21.8 Å². The number of likely N-dealkylation sites (N-methyl/N-ethyl adjacent to an activating group) is 1. The smallest absolute Gasteiger partial charge is 0.173 e. The molecule has 1 aliphatic heterocycles. The molecule has 4 nitrogen and oxygen atoms in total. The maximum Gasteiger partial charge on any atom is 0.173 e. The molecule has 0 aliphatic carbocycles. The Morgan fingerprint density at radius 1 is 1.00 bits per heavy atom. The van der Waals surface area contributed by atoms with Gasteiger partial charge in [0.2, 0.25) is 0 Å². The summed E-state index contributed by atoms with van der Waals surface area (Å²) in [6.45, 7) is 4.92. The van der Waals surface area contributed by atoms with E-state index in [1.54, 1.807) is 0 Å². The maximum absolute atomic E-state index is 13.5. The summed E-state index contributed by atoms with van der Waals surface area (Å²) in [5, 5.41) is 1.01. The molecule has 134 valence electrons. The van der Waals surface area contributed by atoms with Crippen LogP contribution in [0.4, 0.5) is 0 Å². The number of carbonyl (C=O) groups excluding carboxylic acids is 1. The van der Waals surface area contributed by atoms with E-state index in [4.69, 9.17) is 0 Å². The number of benzene rings is 2. The highest BCUT2D eigenvalue weighted by molar-refractivity contribution is 6.10. The number of H-pyrrole nitrogens is 1. The molecule has 2 heterocycles. The van der Waals surface area contributed by atoms with Gasteiger partial charge in [-0.15, -0.1) is 0 Å². The molecule has 1 unspecified atom stereocenters. The van der Waals surface area contributed by atoms with Crippen molar-refractivity contribution in [3.05, 3.63) is 71.9 Å². The molecule has 0 saturated carbocycles. The number of ketones is 1. The number of rotatable bonds is 5. The molecule has 0 spiro atoms. The monoisotopic (exact) mass is 347 g/mol. The van der Waals surface area contributed by atoms with Crippen LogP contribution in [0.15, 0.2) is 60.8 Å². The molecule has 0 amide bonds. The van der Waals surface area contributed by atoms with Gasteiger partial charge in [-0.05, 0) is 18.7 Å². The molecule has 1 aliphatic rings. The average molecular weight is 347 g/mol. The fourth-order valence-electron chi connectivity index (χ4n) is 3.78. The molecular weight excluding hydrogens is 322 g/mol. The number of aromatic amines is 1. The first-order valence-electron chi connectivity index (χ1n) is 9.28. The van der Waals surface area contributed by atoms with Gasteiger partial charge in [0.05, 0.1) is 5.92 Å². The second kappa shape index (κ2) is 7.44. The van der Waals surface area contributed by atoms with Gasteiger partial charge in [-0.2, -0.15) is 0 Å². The molecule has 26 heavy (non-hydrogen) atoms. The number of carbonyl (C=O) groups is 1. The van der Waals surface area contributed by atoms with Crippen LogP contribution in [-0.4, -0.2) is 60.3 Å². The van der Waals surface area contributed by atoms with E-state index in [0.29, 0.717) is 0 Å². The topological polar surface area (TPSA) is 39.3 Å². The molecule has 4 heteroatoms. The number of aromatic nitrogens is 1. The fraction of sp³-hybridized carbons (Fsp3) is 0.318. The Kier molecular flexibility index (Phi) is 4.87. The fourth-order valence-corrected chi connectivity index (χ4v) is 3.78. The highest BCUT2D eigenvalue weighted by Crippen LogP contribution is 2.27. The zero-order valence-corrected chi connectivity index (χ0v) is 15.2. The van der Waals surface area contributed by atoms with E-state index in [1.807, 2.05) is 48.7 Å². The third-order valence-corrected chi connectivity index (χ3v) is 5.41. The average Bonchev–Trinajstić information content (AvgIpc) is 3.12. The van der Waals surface area contributed by atoms with E-state index in [2.05, 4.69) is 34.0 Å². The third-order valence-electron chi connectivity index (χ3n) is 5.41. The number of Topliss-reactive ketones (excluding diaryl/α,β-unsaturated/α-hetero) is 1. The zero-order chi connectivity index (χ0) is 17.9. The summed E-state index contributed by atoms with van der Waals surface area (Å²) in [4.78, 5) is 21.5. The van der Waals surface area contributed by atoms with Crippen molar-refractivity contribution in [1.29, 1.82) is 0 Å². The van der Waals surface area contributed by atoms with Gasteiger partial charge < -0.3 is 9.88 Å². The molecule has 1 fully saturated rings. The van der Waals surface area contributed by atoms with Gasteiger partial charge in [0.25, 0.3) is 0 Å². The van der Waals surface area contributed by atoms with Gasteiger partial charge in [-0.1, -0.05) is 48.5 Å². The maximum atomic E-state index is 13.5. The van der Waals surface area contributed by atoms with Crippen molar-refractivity contribution < 1.29 is 4.79 Å². The molecule has 1 N–H and O–H groups in total. The summed E-state index contributed by atoms with van der Waals surface area (Å²) in [7, 11) is 2.16. The minimum atomic E-state index is -0.140. The predicted octanol–water partition coefficient (Wildman–Crippen LogP) is 3.38. The number of hydrogen-bond donors (Lipinski definition) is 1. The molecule has 0 radical (unpaired) electrons. The summed E-state index contributed by atoms with van der Waals surface area (Å²) in [5.41, 5.74) is 2.91. The molecule has 1 saturated heterocycles. The van der Waals surface area contributed by atoms with Gasteiger partial charge in [0.1, 0.15) is 0 Å². The van der Waals surface area contributed by atoms with Crippen LogP contribution in [0.3, 0.4) is 0 Å². The number of nitrogens with one attached hydrogen (secondary N) is 1. The Bertz CT molecular complexity index is 879. The molecular formula is C22H25N3O. The second-order valence-electron chi connectivity index (χ2n) is 7.18. The Hall–Kier alpha value is -2.43. The molecule has 1 atom stereocenters. The van der Waals surface area contributed by atoms with Crippen molar-refractivity contribution in [2.45, 2.75) is 5.92 Å². The minimum Gasteiger partial charge on any atom is -0.360 e. The lowest BCUT2D eigenvalue weighted by molar-refractivity contribution is 0.0905. The first kappa shape index (κ1) is 17.0. The van der Waals surface area contributed by atoms with E-state index in [9.17, 15) is 4.79 Å². The van der Waals surface area contributed by atoms with Gasteiger partial charge >= 0.3 is 0 Å². The van der Waals surface area contributed by atoms with Crippen LogP contribution in [0.2, 0.25) is 0 Å². The van der Waals surface area contributed by atoms with Crippen molar-refractivity contribution in [2.24, 2.45) is 0 Å². The lowest BCUT2D eigenvalue weighted by atomic mass is 9.89. The predicted molar refractivity (Wildman–Crippen MR) is 106 cm³/mol. The van der Waals surface area contributed by atoms with Crippen LogP contribution in [0.5, 0.6) is 0 Å². The largest absolute Gasteiger partial charge is 0.360 e. The van der Waals surface area contributed by atoms with Crippen molar-refractivity contribution in [2.75, 3.05) is 39.8 Å². The van der Waals surface area contributed by atoms with E-state index >= 15 is 0 Å². The van der Waals surface area contributed by atoms with Gasteiger partial charge in [-0.25, -0.2) is 0 Å². The minimum absolute atomic E-state index is 0.140. The quantitative estimate of drug-likeness (QED) is 0.719. The van der Waals surface area contributed by atoms with Crippen molar-refractivity contribution in [1.82, 2.24) is 14.8 Å². The number of hydrogen-bond acceptors (Lipinski definition) is 3. The highest BCUT2D eigenvalue weighted by atomic mass is 16.1. The van der Waals surface area contributed by atoms with Crippen LogP contribution >= 0.6 is 0 Å². The Morgan fingerprint density at radius 3 is 2.46 bits per heavy atom. The van der Waals surface area contributed by atoms with Gasteiger partial charge in [-0.3, -0.25) is 9.69 Å². The molecule has 2 aromatic carbocycles. The summed E-state index contributed by atoms with van der Waals surface area (Å²) in [6, 6.07) is 18.2. The highest BCUT2D eigenvalue weighted by Gasteiger charge is 2.27. The number of nitrogens with zero attached hydrogens (tertiary/aromatic N) is 2. The van der Waals surface area contributed by atoms with E-state index in [0.717, 1.165) is 54.8 Å². The van der Waals surface area contributed by atoms with Crippen molar-refractivity contribution in [3.8, 4) is 0 Å².